The molecule has 1 amide bonds. The Kier molecular flexibility index (Phi) is 6.64. The number of rotatable bonds is 7. The van der Waals surface area contributed by atoms with Gasteiger partial charge in [0.2, 0.25) is 0 Å². The average Bonchev–Trinajstić information content (AvgIpc) is 2.38. The maximum Gasteiger partial charge on any atom is 0.271 e. The molecule has 5 heteroatoms. The lowest BCUT2D eigenvalue weighted by atomic mass is 10.1. The molecule has 19 heavy (non-hydrogen) atoms. The fourth-order valence-corrected chi connectivity index (χ4v) is 1.95. The van der Waals surface area contributed by atoms with E-state index < -0.39 is 0 Å². The van der Waals surface area contributed by atoms with Gasteiger partial charge in [0, 0.05) is 12.6 Å². The maximum absolute atomic E-state index is 12.1. The van der Waals surface area contributed by atoms with Crippen LogP contribution in [0.15, 0.2) is 12.1 Å². The van der Waals surface area contributed by atoms with Crippen molar-refractivity contribution in [2.24, 2.45) is 0 Å². The van der Waals surface area contributed by atoms with Crippen molar-refractivity contribution in [3.8, 4) is 0 Å². The van der Waals surface area contributed by atoms with Crippen LogP contribution in [0.5, 0.6) is 0 Å². The van der Waals surface area contributed by atoms with Crippen LogP contribution in [0.4, 0.5) is 5.82 Å². The first-order valence-electron chi connectivity index (χ1n) is 6.79. The van der Waals surface area contributed by atoms with Crippen LogP contribution in [0, 0.1) is 0 Å². The summed E-state index contributed by atoms with van der Waals surface area (Å²) < 4.78 is 0. The van der Waals surface area contributed by atoms with E-state index in [1.165, 1.54) is 0 Å². The molecule has 1 aromatic rings. The number of nitrogens with one attached hydrogen (secondary N) is 2. The minimum absolute atomic E-state index is 0.133. The monoisotopic (exact) mass is 283 g/mol. The van der Waals surface area contributed by atoms with Gasteiger partial charge in [0.25, 0.3) is 5.91 Å². The molecule has 1 atom stereocenters. The van der Waals surface area contributed by atoms with Crippen LogP contribution < -0.4 is 10.6 Å². The van der Waals surface area contributed by atoms with E-state index in [1.807, 2.05) is 13.8 Å². The number of unbranched alkanes of at least 4 members (excludes halogenated alkanes) is 1. The Balaban J connectivity index is 2.72. The lowest BCUT2D eigenvalue weighted by molar-refractivity contribution is 0.0933. The number of aromatic nitrogens is 1. The van der Waals surface area contributed by atoms with Gasteiger partial charge >= 0.3 is 0 Å². The largest absolute Gasteiger partial charge is 0.370 e. The van der Waals surface area contributed by atoms with E-state index in [4.69, 9.17) is 11.6 Å². The highest BCUT2D eigenvalue weighted by Gasteiger charge is 2.15. The third kappa shape index (κ3) is 5.07. The van der Waals surface area contributed by atoms with Crippen molar-refractivity contribution in [3.05, 3.63) is 22.8 Å². The van der Waals surface area contributed by atoms with Crippen LogP contribution in [-0.4, -0.2) is 23.5 Å². The van der Waals surface area contributed by atoms with Crippen molar-refractivity contribution >= 4 is 23.3 Å². The Morgan fingerprint density at radius 2 is 2.16 bits per heavy atom. The molecule has 0 aliphatic rings. The van der Waals surface area contributed by atoms with Crippen molar-refractivity contribution in [1.29, 1.82) is 0 Å². The summed E-state index contributed by atoms with van der Waals surface area (Å²) in [5.41, 5.74) is 0.281. The lowest BCUT2D eigenvalue weighted by Gasteiger charge is -2.14. The first-order chi connectivity index (χ1) is 9.08. The molecule has 2 N–H and O–H groups in total. The third-order valence-electron chi connectivity index (χ3n) is 2.79. The Labute approximate surface area is 120 Å². The fourth-order valence-electron chi connectivity index (χ4n) is 1.76. The number of halogens is 1. The zero-order chi connectivity index (χ0) is 14.3. The van der Waals surface area contributed by atoms with Crippen molar-refractivity contribution in [2.45, 2.75) is 46.1 Å². The fraction of sp³-hybridized carbons (Fsp3) is 0.571. The molecule has 0 fully saturated rings. The number of pyridine rings is 1. The summed E-state index contributed by atoms with van der Waals surface area (Å²) in [6.45, 7) is 6.86. The second-order valence-corrected chi connectivity index (χ2v) is 4.98. The summed E-state index contributed by atoms with van der Waals surface area (Å²) in [7, 11) is 0. The topological polar surface area (TPSA) is 54.0 Å². The van der Waals surface area contributed by atoms with E-state index in [9.17, 15) is 4.79 Å². The van der Waals surface area contributed by atoms with Gasteiger partial charge in [-0.1, -0.05) is 31.4 Å². The Morgan fingerprint density at radius 1 is 1.42 bits per heavy atom. The van der Waals surface area contributed by atoms with Gasteiger partial charge in [-0.25, -0.2) is 4.98 Å². The van der Waals surface area contributed by atoms with Crippen molar-refractivity contribution in [3.63, 3.8) is 0 Å². The van der Waals surface area contributed by atoms with Crippen LogP contribution in [-0.2, 0) is 0 Å². The van der Waals surface area contributed by atoms with Gasteiger partial charge < -0.3 is 10.6 Å². The number of hydrogen-bond acceptors (Lipinski definition) is 3. The second-order valence-electron chi connectivity index (χ2n) is 4.57. The highest BCUT2D eigenvalue weighted by molar-refractivity contribution is 6.33. The summed E-state index contributed by atoms with van der Waals surface area (Å²) in [5, 5.41) is 6.37. The summed E-state index contributed by atoms with van der Waals surface area (Å²) in [6, 6.07) is 3.59. The van der Waals surface area contributed by atoms with E-state index >= 15 is 0 Å². The highest BCUT2D eigenvalue weighted by Crippen LogP contribution is 2.17. The van der Waals surface area contributed by atoms with Crippen LogP contribution in [0.3, 0.4) is 0 Å². The molecule has 1 heterocycles. The van der Waals surface area contributed by atoms with Gasteiger partial charge in [0.1, 0.15) is 11.5 Å². The normalized spacial score (nSPS) is 12.0. The van der Waals surface area contributed by atoms with Crippen LogP contribution >= 0.6 is 11.6 Å². The molecule has 0 saturated heterocycles. The van der Waals surface area contributed by atoms with Gasteiger partial charge in [-0.05, 0) is 32.4 Å². The summed E-state index contributed by atoms with van der Waals surface area (Å²) in [4.78, 5) is 16.3. The van der Waals surface area contributed by atoms with Crippen molar-refractivity contribution in [2.75, 3.05) is 11.9 Å². The molecule has 1 aromatic heterocycles. The van der Waals surface area contributed by atoms with Gasteiger partial charge in [0.15, 0.2) is 0 Å². The number of carbonyl (C=O) groups is 1. The maximum atomic E-state index is 12.1. The summed E-state index contributed by atoms with van der Waals surface area (Å²) >= 11 is 6.03. The summed E-state index contributed by atoms with van der Waals surface area (Å²) in [6.07, 6.45) is 3.18. The Morgan fingerprint density at radius 3 is 2.79 bits per heavy atom. The lowest BCUT2D eigenvalue weighted by Crippen LogP contribution is -2.33. The van der Waals surface area contributed by atoms with E-state index in [0.29, 0.717) is 10.8 Å². The number of carbonyl (C=O) groups excluding carboxylic acids is 1. The smallest absolute Gasteiger partial charge is 0.271 e. The van der Waals surface area contributed by atoms with Gasteiger partial charge in [-0.2, -0.15) is 0 Å². The molecular weight excluding hydrogens is 262 g/mol. The zero-order valence-electron chi connectivity index (χ0n) is 11.8. The van der Waals surface area contributed by atoms with Crippen molar-refractivity contribution in [1.82, 2.24) is 10.3 Å². The number of amides is 1. The minimum Gasteiger partial charge on any atom is -0.370 e. The Bertz CT molecular complexity index is 423. The quantitative estimate of drug-likeness (QED) is 0.805. The van der Waals surface area contributed by atoms with E-state index in [2.05, 4.69) is 22.5 Å². The first kappa shape index (κ1) is 15.8. The first-order valence-corrected chi connectivity index (χ1v) is 7.17. The van der Waals surface area contributed by atoms with Gasteiger partial charge in [0.05, 0.1) is 5.02 Å². The van der Waals surface area contributed by atoms with Gasteiger partial charge in [-0.3, -0.25) is 4.79 Å². The zero-order valence-corrected chi connectivity index (χ0v) is 12.5. The summed E-state index contributed by atoms with van der Waals surface area (Å²) in [5.74, 6) is 0.451. The third-order valence-corrected chi connectivity index (χ3v) is 3.09. The van der Waals surface area contributed by atoms with E-state index in [1.54, 1.807) is 12.1 Å². The second kappa shape index (κ2) is 8.00. The molecule has 0 radical (unpaired) electrons. The minimum atomic E-state index is -0.214. The number of anilines is 1. The van der Waals surface area contributed by atoms with E-state index in [-0.39, 0.29) is 17.6 Å². The molecule has 0 saturated carbocycles. The van der Waals surface area contributed by atoms with Gasteiger partial charge in [-0.15, -0.1) is 0 Å². The number of hydrogen-bond donors (Lipinski definition) is 2. The number of nitrogens with zero attached hydrogens (tertiary/aromatic N) is 1. The average molecular weight is 284 g/mol. The molecule has 0 aliphatic carbocycles. The molecular formula is C14H22ClN3O. The molecule has 106 valence electrons. The standard InChI is InChI=1S/C14H22ClN3O/c1-4-6-7-10(3)17-14(19)13-11(15)8-9-12(18-13)16-5-2/h8-10H,4-7H2,1-3H3,(H,16,18)(H,17,19). The predicted molar refractivity (Wildman–Crippen MR) is 79.9 cm³/mol. The van der Waals surface area contributed by atoms with E-state index in [0.717, 1.165) is 25.8 Å². The van der Waals surface area contributed by atoms with Crippen LogP contribution in [0.1, 0.15) is 50.5 Å². The molecule has 1 rings (SSSR count). The molecule has 0 spiro atoms. The highest BCUT2D eigenvalue weighted by atomic mass is 35.5. The van der Waals surface area contributed by atoms with Crippen LogP contribution in [0.2, 0.25) is 5.02 Å². The molecule has 4 nitrogen and oxygen atoms in total. The molecule has 0 aromatic carbocycles. The predicted octanol–water partition coefficient (Wildman–Crippen LogP) is 3.48. The molecule has 0 bridgehead atoms. The molecule has 0 aliphatic heterocycles. The van der Waals surface area contributed by atoms with Crippen LogP contribution in [0.25, 0.3) is 0 Å². The SMILES string of the molecule is CCCCC(C)NC(=O)c1nc(NCC)ccc1Cl. The van der Waals surface area contributed by atoms with Crippen molar-refractivity contribution < 1.29 is 4.79 Å². The Hall–Kier alpha value is -1.29. The molecule has 1 unspecified atom stereocenters.